The van der Waals surface area contributed by atoms with E-state index in [0.29, 0.717) is 44.8 Å². The van der Waals surface area contributed by atoms with E-state index in [4.69, 9.17) is 16.3 Å². The van der Waals surface area contributed by atoms with Crippen LogP contribution in [0, 0.1) is 12.7 Å². The van der Waals surface area contributed by atoms with Crippen LogP contribution in [0.3, 0.4) is 0 Å². The molecular weight excluding hydrogens is 531 g/mol. The average Bonchev–Trinajstić information content (AvgIpc) is 3.15. The summed E-state index contributed by atoms with van der Waals surface area (Å²) in [6.07, 6.45) is 0.660. The van der Waals surface area contributed by atoms with Crippen molar-refractivity contribution in [1.82, 2.24) is 4.57 Å². The maximum Gasteiger partial charge on any atom is 0.257 e. The lowest BCUT2D eigenvalue weighted by Crippen LogP contribution is -2.13. The minimum Gasteiger partial charge on any atom is -0.455 e. The Morgan fingerprint density at radius 3 is 2.34 bits per heavy atom. The standard InChI is InChI=1S/C28H26ClFN2O5S/c1-17(33)14-22-16-25(28(34)31-21-7-11-24(12-8-21)38(3,35)36)18(2)32(22)26-13-4-19(29)15-27(26)37-23-9-5-20(30)6-10-23/h4-13,15-17,33H,14H2,1-3H3,(H,31,34). The van der Waals surface area contributed by atoms with Gasteiger partial charge >= 0.3 is 0 Å². The van der Waals surface area contributed by atoms with Crippen molar-refractivity contribution in [1.29, 1.82) is 0 Å². The molecule has 1 atom stereocenters. The zero-order valence-electron chi connectivity index (χ0n) is 20.9. The Hall–Kier alpha value is -3.66. The van der Waals surface area contributed by atoms with Crippen LogP contribution in [0.25, 0.3) is 5.69 Å². The van der Waals surface area contributed by atoms with Crippen molar-refractivity contribution in [2.45, 2.75) is 31.3 Å². The number of benzene rings is 3. The lowest BCUT2D eigenvalue weighted by atomic mass is 10.2. The Morgan fingerprint density at radius 1 is 1.08 bits per heavy atom. The Labute approximate surface area is 225 Å². The van der Waals surface area contributed by atoms with Crippen molar-refractivity contribution in [3.63, 3.8) is 0 Å². The number of amides is 1. The van der Waals surface area contributed by atoms with Crippen LogP contribution in [0.1, 0.15) is 28.7 Å². The average molecular weight is 557 g/mol. The van der Waals surface area contributed by atoms with E-state index in [9.17, 15) is 22.7 Å². The summed E-state index contributed by atoms with van der Waals surface area (Å²) in [7, 11) is -3.36. The Balaban J connectivity index is 1.74. The molecule has 198 valence electrons. The first-order valence-corrected chi connectivity index (χ1v) is 13.9. The lowest BCUT2D eigenvalue weighted by Gasteiger charge is -2.18. The van der Waals surface area contributed by atoms with E-state index in [0.717, 1.165) is 6.26 Å². The number of ether oxygens (including phenoxy) is 1. The fraction of sp³-hybridized carbons (Fsp3) is 0.179. The number of carbonyl (C=O) groups excluding carboxylic acids is 1. The van der Waals surface area contributed by atoms with E-state index in [1.165, 1.54) is 48.5 Å². The number of halogens is 2. The van der Waals surface area contributed by atoms with Gasteiger partial charge < -0.3 is 19.7 Å². The molecule has 1 aromatic heterocycles. The normalized spacial score (nSPS) is 12.3. The number of aliphatic hydroxyl groups excluding tert-OH is 1. The number of hydrogen-bond acceptors (Lipinski definition) is 5. The van der Waals surface area contributed by atoms with E-state index in [1.807, 2.05) is 4.57 Å². The number of aliphatic hydroxyl groups is 1. The summed E-state index contributed by atoms with van der Waals surface area (Å²) in [6, 6.07) is 18.2. The van der Waals surface area contributed by atoms with E-state index in [-0.39, 0.29) is 11.3 Å². The van der Waals surface area contributed by atoms with Crippen LogP contribution in [-0.4, -0.2) is 36.4 Å². The monoisotopic (exact) mass is 556 g/mol. The first kappa shape index (κ1) is 27.4. The number of anilines is 1. The first-order valence-electron chi connectivity index (χ1n) is 11.7. The van der Waals surface area contributed by atoms with Gasteiger partial charge in [-0.15, -0.1) is 0 Å². The van der Waals surface area contributed by atoms with Gasteiger partial charge in [0.15, 0.2) is 15.6 Å². The summed E-state index contributed by atoms with van der Waals surface area (Å²) >= 11 is 6.25. The van der Waals surface area contributed by atoms with Gasteiger partial charge in [-0.1, -0.05) is 11.6 Å². The fourth-order valence-electron chi connectivity index (χ4n) is 4.06. The second-order valence-electron chi connectivity index (χ2n) is 8.94. The van der Waals surface area contributed by atoms with Crippen LogP contribution in [0.2, 0.25) is 5.02 Å². The van der Waals surface area contributed by atoms with Crippen molar-refractivity contribution in [2.24, 2.45) is 0 Å². The molecule has 0 radical (unpaired) electrons. The highest BCUT2D eigenvalue weighted by Crippen LogP contribution is 2.35. The quantitative estimate of drug-likeness (QED) is 0.279. The number of hydrogen-bond donors (Lipinski definition) is 2. The zero-order chi connectivity index (χ0) is 27.6. The van der Waals surface area contributed by atoms with Gasteiger partial charge in [0.1, 0.15) is 11.6 Å². The van der Waals surface area contributed by atoms with E-state index in [2.05, 4.69) is 5.32 Å². The van der Waals surface area contributed by atoms with Crippen LogP contribution in [0.15, 0.2) is 77.7 Å². The molecule has 1 unspecified atom stereocenters. The number of rotatable bonds is 8. The molecule has 0 aliphatic rings. The molecule has 0 saturated carbocycles. The van der Waals surface area contributed by atoms with E-state index in [1.54, 1.807) is 38.1 Å². The van der Waals surface area contributed by atoms with Crippen molar-refractivity contribution >= 4 is 33.0 Å². The molecule has 38 heavy (non-hydrogen) atoms. The third-order valence-electron chi connectivity index (χ3n) is 5.82. The molecule has 0 aliphatic carbocycles. The van der Waals surface area contributed by atoms with Gasteiger partial charge in [-0.2, -0.15) is 0 Å². The molecule has 7 nitrogen and oxygen atoms in total. The third kappa shape index (κ3) is 6.24. The van der Waals surface area contributed by atoms with Gasteiger partial charge in [-0.3, -0.25) is 4.79 Å². The predicted octanol–water partition coefficient (Wildman–Crippen LogP) is 5.95. The van der Waals surface area contributed by atoms with Gasteiger partial charge in [0.05, 0.1) is 22.3 Å². The molecule has 3 aromatic carbocycles. The van der Waals surface area contributed by atoms with E-state index < -0.39 is 27.7 Å². The van der Waals surface area contributed by atoms with Crippen molar-refractivity contribution in [3.05, 3.63) is 101 Å². The summed E-state index contributed by atoms with van der Waals surface area (Å²) in [5.74, 6) is -0.0359. The van der Waals surface area contributed by atoms with Crippen molar-refractivity contribution in [2.75, 3.05) is 11.6 Å². The molecule has 0 fully saturated rings. The predicted molar refractivity (Wildman–Crippen MR) is 145 cm³/mol. The molecule has 1 amide bonds. The SMILES string of the molecule is Cc1c(C(=O)Nc2ccc(S(C)(=O)=O)cc2)cc(CC(C)O)n1-c1ccc(Cl)cc1Oc1ccc(F)cc1. The molecule has 1 heterocycles. The second kappa shape index (κ2) is 11.0. The molecule has 0 aliphatic heterocycles. The van der Waals surface area contributed by atoms with Gasteiger partial charge in [-0.25, -0.2) is 12.8 Å². The molecule has 10 heteroatoms. The molecule has 0 bridgehead atoms. The highest BCUT2D eigenvalue weighted by atomic mass is 35.5. The van der Waals surface area contributed by atoms with Crippen LogP contribution >= 0.6 is 11.6 Å². The van der Waals surface area contributed by atoms with Crippen LogP contribution in [0.4, 0.5) is 10.1 Å². The Bertz CT molecular complexity index is 1580. The van der Waals surface area contributed by atoms with Crippen molar-refractivity contribution in [3.8, 4) is 17.2 Å². The summed E-state index contributed by atoms with van der Waals surface area (Å²) < 4.78 is 44.7. The number of aromatic nitrogens is 1. The topological polar surface area (TPSA) is 97.6 Å². The third-order valence-corrected chi connectivity index (χ3v) is 7.18. The molecule has 2 N–H and O–H groups in total. The maximum absolute atomic E-state index is 13.4. The van der Waals surface area contributed by atoms with Crippen LogP contribution in [-0.2, 0) is 16.3 Å². The molecule has 0 saturated heterocycles. The lowest BCUT2D eigenvalue weighted by molar-refractivity contribution is 0.102. The maximum atomic E-state index is 13.4. The number of nitrogens with one attached hydrogen (secondary N) is 1. The molecule has 4 aromatic rings. The highest BCUT2D eigenvalue weighted by molar-refractivity contribution is 7.90. The van der Waals surface area contributed by atoms with Crippen LogP contribution < -0.4 is 10.1 Å². The van der Waals surface area contributed by atoms with Gasteiger partial charge in [0.2, 0.25) is 0 Å². The molecular formula is C28H26ClFN2O5S. The zero-order valence-corrected chi connectivity index (χ0v) is 22.5. The first-order chi connectivity index (χ1) is 17.9. The Morgan fingerprint density at radius 2 is 1.74 bits per heavy atom. The fourth-order valence-corrected chi connectivity index (χ4v) is 4.85. The van der Waals surface area contributed by atoms with Gasteiger partial charge in [-0.05, 0) is 80.6 Å². The summed E-state index contributed by atoms with van der Waals surface area (Å²) in [6.45, 7) is 3.41. The second-order valence-corrected chi connectivity index (χ2v) is 11.4. The summed E-state index contributed by atoms with van der Waals surface area (Å²) in [4.78, 5) is 13.4. The summed E-state index contributed by atoms with van der Waals surface area (Å²) in [5, 5.41) is 13.4. The number of carbonyl (C=O) groups is 1. The minimum atomic E-state index is -3.36. The largest absolute Gasteiger partial charge is 0.455 e. The Kier molecular flexibility index (Phi) is 7.91. The van der Waals surface area contributed by atoms with Crippen molar-refractivity contribution < 1.29 is 27.4 Å². The minimum absolute atomic E-state index is 0.147. The van der Waals surface area contributed by atoms with Gasteiger partial charge in [0, 0.05) is 40.8 Å². The highest BCUT2D eigenvalue weighted by Gasteiger charge is 2.22. The van der Waals surface area contributed by atoms with Crippen LogP contribution in [0.5, 0.6) is 11.5 Å². The number of nitrogens with zero attached hydrogens (tertiary/aromatic N) is 1. The smallest absolute Gasteiger partial charge is 0.257 e. The summed E-state index contributed by atoms with van der Waals surface area (Å²) in [5.41, 5.74) is 2.59. The molecule has 4 rings (SSSR count). The molecule has 0 spiro atoms. The number of sulfone groups is 1. The van der Waals surface area contributed by atoms with Gasteiger partial charge in [0.25, 0.3) is 5.91 Å². The van der Waals surface area contributed by atoms with E-state index >= 15 is 0 Å².